The lowest BCUT2D eigenvalue weighted by Crippen LogP contribution is -2.24. The van der Waals surface area contributed by atoms with Gasteiger partial charge in [-0.2, -0.15) is 10.2 Å². The number of H-pyrrole nitrogens is 1. The monoisotopic (exact) mass is 339 g/mol. The van der Waals surface area contributed by atoms with Crippen LogP contribution in [0, 0.1) is 11.3 Å². The normalized spacial score (nSPS) is 17.5. The Morgan fingerprint density at radius 1 is 1.44 bits per heavy atom. The van der Waals surface area contributed by atoms with E-state index in [0.717, 1.165) is 36.9 Å². The first-order valence-electron chi connectivity index (χ1n) is 8.73. The number of fused-ring (bicyclic) bond motifs is 1. The second-order valence-electron chi connectivity index (χ2n) is 7.86. The van der Waals surface area contributed by atoms with Crippen molar-refractivity contribution in [3.63, 3.8) is 0 Å². The average molecular weight is 339 g/mol. The molecule has 3 rings (SSSR count). The molecule has 25 heavy (non-hydrogen) atoms. The summed E-state index contributed by atoms with van der Waals surface area (Å²) in [6, 6.07) is 5.53. The fraction of sp³-hybridized carbons (Fsp3) is 0.474. The van der Waals surface area contributed by atoms with Gasteiger partial charge in [0, 0.05) is 17.5 Å². The van der Waals surface area contributed by atoms with Crippen molar-refractivity contribution < 1.29 is 4.79 Å². The SMILES string of the molecule is CC(C)(C)C[C@H]1CCc2[nH]nc(C(=O)N/N=C\c3ccccn3)c2C1. The number of rotatable bonds is 4. The van der Waals surface area contributed by atoms with E-state index >= 15 is 0 Å². The fourth-order valence-electron chi connectivity index (χ4n) is 3.46. The van der Waals surface area contributed by atoms with Crippen molar-refractivity contribution in [1.29, 1.82) is 0 Å². The molecule has 0 spiro atoms. The second kappa shape index (κ2) is 7.17. The van der Waals surface area contributed by atoms with Gasteiger partial charge in [-0.25, -0.2) is 5.43 Å². The molecule has 2 aromatic heterocycles. The number of aryl methyl sites for hydroxylation is 1. The van der Waals surface area contributed by atoms with Crippen LogP contribution in [0.25, 0.3) is 0 Å². The lowest BCUT2D eigenvalue weighted by molar-refractivity contribution is 0.0948. The van der Waals surface area contributed by atoms with Crippen LogP contribution >= 0.6 is 0 Å². The molecule has 1 aliphatic carbocycles. The molecular formula is C19H25N5O. The van der Waals surface area contributed by atoms with Gasteiger partial charge in [-0.3, -0.25) is 14.9 Å². The third-order valence-corrected chi connectivity index (χ3v) is 4.41. The van der Waals surface area contributed by atoms with E-state index in [9.17, 15) is 4.79 Å². The Morgan fingerprint density at radius 3 is 3.00 bits per heavy atom. The summed E-state index contributed by atoms with van der Waals surface area (Å²) in [4.78, 5) is 16.6. The first kappa shape index (κ1) is 17.3. The highest BCUT2D eigenvalue weighted by molar-refractivity contribution is 5.94. The minimum absolute atomic E-state index is 0.277. The number of hydrogen-bond acceptors (Lipinski definition) is 4. The van der Waals surface area contributed by atoms with Crippen LogP contribution in [0.1, 0.15) is 61.1 Å². The Kier molecular flexibility index (Phi) is 4.97. The van der Waals surface area contributed by atoms with E-state index < -0.39 is 0 Å². The van der Waals surface area contributed by atoms with E-state index in [1.807, 2.05) is 18.2 Å². The van der Waals surface area contributed by atoms with Gasteiger partial charge in [-0.1, -0.05) is 26.8 Å². The van der Waals surface area contributed by atoms with Crippen molar-refractivity contribution in [3.8, 4) is 0 Å². The molecule has 0 bridgehead atoms. The summed E-state index contributed by atoms with van der Waals surface area (Å²) >= 11 is 0. The standard InChI is InChI=1S/C19H25N5O/c1-19(2,3)11-13-7-8-16-15(10-13)17(23-22-16)18(25)24-21-12-14-6-4-5-9-20-14/h4-6,9,12-13H,7-8,10-11H2,1-3H3,(H,22,23)(H,24,25)/b21-12-/t13-/m0/s1. The van der Waals surface area contributed by atoms with Crippen molar-refractivity contribution in [3.05, 3.63) is 47.0 Å². The zero-order valence-electron chi connectivity index (χ0n) is 15.0. The number of hydrogen-bond donors (Lipinski definition) is 2. The molecule has 1 amide bonds. The summed E-state index contributed by atoms with van der Waals surface area (Å²) in [7, 11) is 0. The van der Waals surface area contributed by atoms with Crippen molar-refractivity contribution >= 4 is 12.1 Å². The molecule has 6 nitrogen and oxygen atoms in total. The minimum atomic E-state index is -0.277. The van der Waals surface area contributed by atoms with Crippen LogP contribution in [-0.4, -0.2) is 27.3 Å². The summed E-state index contributed by atoms with van der Waals surface area (Å²) < 4.78 is 0. The van der Waals surface area contributed by atoms with Crippen molar-refractivity contribution in [2.45, 2.75) is 46.5 Å². The molecule has 0 aromatic carbocycles. The average Bonchev–Trinajstić information content (AvgIpc) is 2.97. The lowest BCUT2D eigenvalue weighted by atomic mass is 9.76. The number of nitrogens with zero attached hydrogens (tertiary/aromatic N) is 3. The smallest absolute Gasteiger partial charge is 0.281 e. The number of aromatic nitrogens is 3. The molecule has 6 heteroatoms. The van der Waals surface area contributed by atoms with Gasteiger partial charge in [0.1, 0.15) is 0 Å². The molecule has 2 aromatic rings. The van der Waals surface area contributed by atoms with E-state index in [0.29, 0.717) is 22.7 Å². The van der Waals surface area contributed by atoms with E-state index in [4.69, 9.17) is 0 Å². The number of nitrogens with one attached hydrogen (secondary N) is 2. The van der Waals surface area contributed by atoms with Crippen LogP contribution in [0.2, 0.25) is 0 Å². The summed E-state index contributed by atoms with van der Waals surface area (Å²) in [5.74, 6) is 0.315. The number of aromatic amines is 1. The zero-order valence-corrected chi connectivity index (χ0v) is 15.0. The third kappa shape index (κ3) is 4.53. The van der Waals surface area contributed by atoms with Crippen LogP contribution in [0.4, 0.5) is 0 Å². The first-order valence-corrected chi connectivity index (χ1v) is 8.73. The Bertz CT molecular complexity index is 758. The predicted octanol–water partition coefficient (Wildman–Crippen LogP) is 3.11. The van der Waals surface area contributed by atoms with Crippen LogP contribution < -0.4 is 5.43 Å². The summed E-state index contributed by atoms with van der Waals surface area (Å²) in [5.41, 5.74) is 6.14. The first-order chi connectivity index (χ1) is 11.9. The summed E-state index contributed by atoms with van der Waals surface area (Å²) in [6.07, 6.45) is 7.35. The Balaban J connectivity index is 1.67. The van der Waals surface area contributed by atoms with Crippen molar-refractivity contribution in [1.82, 2.24) is 20.6 Å². The molecule has 0 aliphatic heterocycles. The highest BCUT2D eigenvalue weighted by Gasteiger charge is 2.28. The zero-order chi connectivity index (χ0) is 17.9. The van der Waals surface area contributed by atoms with Gasteiger partial charge in [0.15, 0.2) is 5.69 Å². The molecule has 0 saturated carbocycles. The second-order valence-corrected chi connectivity index (χ2v) is 7.86. The van der Waals surface area contributed by atoms with Gasteiger partial charge in [0.2, 0.25) is 0 Å². The molecule has 0 unspecified atom stereocenters. The summed E-state index contributed by atoms with van der Waals surface area (Å²) in [5, 5.41) is 11.2. The number of carbonyl (C=O) groups excluding carboxylic acids is 1. The molecule has 0 fully saturated rings. The molecule has 132 valence electrons. The fourth-order valence-corrected chi connectivity index (χ4v) is 3.46. The maximum atomic E-state index is 12.4. The third-order valence-electron chi connectivity index (χ3n) is 4.41. The van der Waals surface area contributed by atoms with E-state index in [1.54, 1.807) is 6.20 Å². The number of amides is 1. The maximum absolute atomic E-state index is 12.4. The van der Waals surface area contributed by atoms with Crippen LogP contribution in [-0.2, 0) is 12.8 Å². The van der Waals surface area contributed by atoms with Gasteiger partial charge in [0.05, 0.1) is 11.9 Å². The van der Waals surface area contributed by atoms with Crippen molar-refractivity contribution in [2.75, 3.05) is 0 Å². The van der Waals surface area contributed by atoms with Crippen LogP contribution in [0.3, 0.4) is 0 Å². The van der Waals surface area contributed by atoms with Crippen molar-refractivity contribution in [2.24, 2.45) is 16.4 Å². The van der Waals surface area contributed by atoms with Gasteiger partial charge in [-0.15, -0.1) is 0 Å². The summed E-state index contributed by atoms with van der Waals surface area (Å²) in [6.45, 7) is 6.79. The molecule has 1 atom stereocenters. The highest BCUT2D eigenvalue weighted by atomic mass is 16.2. The largest absolute Gasteiger partial charge is 0.292 e. The number of hydrazone groups is 1. The van der Waals surface area contributed by atoms with E-state index in [2.05, 4.69) is 46.5 Å². The Morgan fingerprint density at radius 2 is 2.28 bits per heavy atom. The lowest BCUT2D eigenvalue weighted by Gasteiger charge is -2.28. The molecule has 2 heterocycles. The molecule has 1 aliphatic rings. The predicted molar refractivity (Wildman–Crippen MR) is 97.5 cm³/mol. The molecule has 0 radical (unpaired) electrons. The molecule has 2 N–H and O–H groups in total. The molecule has 0 saturated heterocycles. The minimum Gasteiger partial charge on any atom is -0.281 e. The number of pyridine rings is 1. The number of carbonyl (C=O) groups is 1. The van der Waals surface area contributed by atoms with E-state index in [1.165, 1.54) is 6.21 Å². The van der Waals surface area contributed by atoms with Gasteiger partial charge in [-0.05, 0) is 49.1 Å². The van der Waals surface area contributed by atoms with E-state index in [-0.39, 0.29) is 5.91 Å². The molecular weight excluding hydrogens is 314 g/mol. The Hall–Kier alpha value is -2.50. The van der Waals surface area contributed by atoms with Crippen LogP contribution in [0.15, 0.2) is 29.5 Å². The van der Waals surface area contributed by atoms with Gasteiger partial charge in [0.25, 0.3) is 5.91 Å². The van der Waals surface area contributed by atoms with Gasteiger partial charge >= 0.3 is 0 Å². The topological polar surface area (TPSA) is 83.0 Å². The quantitative estimate of drug-likeness (QED) is 0.663. The highest BCUT2D eigenvalue weighted by Crippen LogP contribution is 2.34. The van der Waals surface area contributed by atoms with Crippen LogP contribution in [0.5, 0.6) is 0 Å². The van der Waals surface area contributed by atoms with Gasteiger partial charge < -0.3 is 0 Å². The maximum Gasteiger partial charge on any atom is 0.292 e. The Labute approximate surface area is 148 Å².